The number of hydrogen-bond acceptors (Lipinski definition) is 4. The first kappa shape index (κ1) is 13.7. The minimum atomic E-state index is -2.62. The second-order valence-corrected chi connectivity index (χ2v) is 2.88. The standard InChI is InChI=1S/C9H15F2NO3/c1-4-14-9(13)7(5-12(2)3)15-6-8(10)11/h5,8H,4,6H2,1-3H3/b7-5-. The Kier molecular flexibility index (Phi) is 6.40. The summed E-state index contributed by atoms with van der Waals surface area (Å²) in [5.74, 6) is -0.964. The lowest BCUT2D eigenvalue weighted by Crippen LogP contribution is -2.17. The number of alkyl halides is 2. The second-order valence-electron chi connectivity index (χ2n) is 2.88. The Morgan fingerprint density at radius 1 is 1.40 bits per heavy atom. The maximum atomic E-state index is 11.9. The first-order valence-corrected chi connectivity index (χ1v) is 4.43. The third-order valence-electron chi connectivity index (χ3n) is 1.22. The van der Waals surface area contributed by atoms with Crippen LogP contribution in [0, 0.1) is 0 Å². The van der Waals surface area contributed by atoms with Crippen molar-refractivity contribution in [2.24, 2.45) is 0 Å². The average Bonchev–Trinajstić information content (AvgIpc) is 2.11. The molecule has 0 atom stereocenters. The van der Waals surface area contributed by atoms with E-state index in [1.165, 1.54) is 11.1 Å². The van der Waals surface area contributed by atoms with Gasteiger partial charge in [-0.25, -0.2) is 13.6 Å². The summed E-state index contributed by atoms with van der Waals surface area (Å²) in [5.41, 5.74) is 0. The number of hydrogen-bond donors (Lipinski definition) is 0. The molecular formula is C9H15F2NO3. The molecular weight excluding hydrogens is 208 g/mol. The van der Waals surface area contributed by atoms with Gasteiger partial charge in [0.2, 0.25) is 5.76 Å². The van der Waals surface area contributed by atoms with Gasteiger partial charge in [0.1, 0.15) is 6.61 Å². The molecule has 6 heteroatoms. The fourth-order valence-electron chi connectivity index (χ4n) is 0.738. The van der Waals surface area contributed by atoms with Crippen molar-refractivity contribution in [1.29, 1.82) is 0 Å². The van der Waals surface area contributed by atoms with E-state index < -0.39 is 19.0 Å². The number of carbonyl (C=O) groups is 1. The van der Waals surface area contributed by atoms with E-state index in [2.05, 4.69) is 9.47 Å². The van der Waals surface area contributed by atoms with Gasteiger partial charge in [-0.3, -0.25) is 0 Å². The zero-order valence-electron chi connectivity index (χ0n) is 9.00. The van der Waals surface area contributed by atoms with Crippen LogP contribution in [0.5, 0.6) is 0 Å². The van der Waals surface area contributed by atoms with Crippen molar-refractivity contribution in [3.8, 4) is 0 Å². The van der Waals surface area contributed by atoms with E-state index in [0.717, 1.165) is 0 Å². The van der Waals surface area contributed by atoms with Gasteiger partial charge in [0.25, 0.3) is 6.43 Å². The fourth-order valence-corrected chi connectivity index (χ4v) is 0.738. The summed E-state index contributed by atoms with van der Waals surface area (Å²) >= 11 is 0. The van der Waals surface area contributed by atoms with Gasteiger partial charge in [0.15, 0.2) is 0 Å². The summed E-state index contributed by atoms with van der Waals surface area (Å²) in [4.78, 5) is 12.7. The Morgan fingerprint density at radius 3 is 2.40 bits per heavy atom. The molecule has 0 bridgehead atoms. The number of halogens is 2. The van der Waals surface area contributed by atoms with Crippen molar-refractivity contribution < 1.29 is 23.0 Å². The largest absolute Gasteiger partial charge is 0.479 e. The van der Waals surface area contributed by atoms with Gasteiger partial charge in [-0.1, -0.05) is 0 Å². The van der Waals surface area contributed by atoms with Crippen LogP contribution < -0.4 is 0 Å². The van der Waals surface area contributed by atoms with E-state index in [9.17, 15) is 13.6 Å². The van der Waals surface area contributed by atoms with E-state index in [1.807, 2.05) is 0 Å². The van der Waals surface area contributed by atoms with Gasteiger partial charge >= 0.3 is 5.97 Å². The van der Waals surface area contributed by atoms with Crippen molar-refractivity contribution in [3.63, 3.8) is 0 Å². The van der Waals surface area contributed by atoms with E-state index in [4.69, 9.17) is 0 Å². The van der Waals surface area contributed by atoms with Crippen LogP contribution in [0.25, 0.3) is 0 Å². The average molecular weight is 223 g/mol. The molecule has 0 rings (SSSR count). The lowest BCUT2D eigenvalue weighted by molar-refractivity contribution is -0.143. The minimum absolute atomic E-state index is 0.168. The molecule has 0 aliphatic rings. The molecule has 0 spiro atoms. The van der Waals surface area contributed by atoms with Crippen LogP contribution in [-0.4, -0.2) is 44.6 Å². The zero-order chi connectivity index (χ0) is 11.8. The second kappa shape index (κ2) is 7.03. The topological polar surface area (TPSA) is 38.8 Å². The molecule has 0 saturated carbocycles. The monoisotopic (exact) mass is 223 g/mol. The highest BCUT2D eigenvalue weighted by atomic mass is 19.3. The zero-order valence-corrected chi connectivity index (χ0v) is 9.00. The first-order chi connectivity index (χ1) is 6.97. The van der Waals surface area contributed by atoms with Crippen LogP contribution >= 0.6 is 0 Å². The number of rotatable bonds is 6. The van der Waals surface area contributed by atoms with Gasteiger partial charge in [-0.05, 0) is 6.92 Å². The number of nitrogens with zero attached hydrogens (tertiary/aromatic N) is 1. The Hall–Kier alpha value is -1.33. The molecule has 0 heterocycles. The molecule has 15 heavy (non-hydrogen) atoms. The molecule has 0 saturated heterocycles. The van der Waals surface area contributed by atoms with Crippen LogP contribution in [0.3, 0.4) is 0 Å². The van der Waals surface area contributed by atoms with E-state index in [1.54, 1.807) is 21.0 Å². The predicted octanol–water partition coefficient (Wildman–Crippen LogP) is 1.23. The molecule has 88 valence electrons. The maximum Gasteiger partial charge on any atom is 0.375 e. The van der Waals surface area contributed by atoms with Crippen molar-refractivity contribution in [2.75, 3.05) is 27.3 Å². The lowest BCUT2D eigenvalue weighted by Gasteiger charge is -2.12. The van der Waals surface area contributed by atoms with Gasteiger partial charge in [-0.2, -0.15) is 0 Å². The highest BCUT2D eigenvalue weighted by Crippen LogP contribution is 2.05. The summed E-state index contributed by atoms with van der Waals surface area (Å²) in [6, 6.07) is 0. The molecule has 4 nitrogen and oxygen atoms in total. The van der Waals surface area contributed by atoms with Crippen LogP contribution in [-0.2, 0) is 14.3 Å². The quantitative estimate of drug-likeness (QED) is 0.386. The van der Waals surface area contributed by atoms with E-state index in [-0.39, 0.29) is 12.4 Å². The molecule has 0 N–H and O–H groups in total. The molecule has 0 radical (unpaired) electrons. The summed E-state index contributed by atoms with van der Waals surface area (Å²) in [7, 11) is 3.29. The van der Waals surface area contributed by atoms with Crippen molar-refractivity contribution in [2.45, 2.75) is 13.3 Å². The van der Waals surface area contributed by atoms with Gasteiger partial charge in [-0.15, -0.1) is 0 Å². The van der Waals surface area contributed by atoms with Crippen molar-refractivity contribution in [1.82, 2.24) is 4.90 Å². The van der Waals surface area contributed by atoms with Gasteiger partial charge in [0.05, 0.1) is 6.61 Å². The smallest absolute Gasteiger partial charge is 0.375 e. The van der Waals surface area contributed by atoms with Crippen LogP contribution in [0.2, 0.25) is 0 Å². The normalized spacial score (nSPS) is 11.5. The fraction of sp³-hybridized carbons (Fsp3) is 0.667. The molecule has 0 aliphatic heterocycles. The SMILES string of the molecule is CCOC(=O)/C(=C/N(C)C)OCC(F)F. The summed E-state index contributed by atoms with van der Waals surface area (Å²) < 4.78 is 33.0. The van der Waals surface area contributed by atoms with E-state index in [0.29, 0.717) is 0 Å². The van der Waals surface area contributed by atoms with E-state index >= 15 is 0 Å². The molecule has 0 aliphatic carbocycles. The lowest BCUT2D eigenvalue weighted by atomic mass is 10.5. The predicted molar refractivity (Wildman–Crippen MR) is 50.4 cm³/mol. The Labute approximate surface area is 87.4 Å². The minimum Gasteiger partial charge on any atom is -0.479 e. The van der Waals surface area contributed by atoms with Crippen LogP contribution in [0.4, 0.5) is 8.78 Å². The molecule has 0 aromatic heterocycles. The number of carbonyl (C=O) groups excluding carboxylic acids is 1. The van der Waals surface area contributed by atoms with Gasteiger partial charge in [0, 0.05) is 20.3 Å². The third-order valence-corrected chi connectivity index (χ3v) is 1.22. The molecule has 0 unspecified atom stereocenters. The number of esters is 1. The Balaban J connectivity index is 4.38. The third kappa shape index (κ3) is 6.70. The van der Waals surface area contributed by atoms with Crippen LogP contribution in [0.1, 0.15) is 6.92 Å². The van der Waals surface area contributed by atoms with Gasteiger partial charge < -0.3 is 14.4 Å². The molecule has 0 amide bonds. The summed E-state index contributed by atoms with van der Waals surface area (Å²) in [6.45, 7) is 0.971. The van der Waals surface area contributed by atoms with Crippen LogP contribution in [0.15, 0.2) is 12.0 Å². The van der Waals surface area contributed by atoms with Crippen molar-refractivity contribution in [3.05, 3.63) is 12.0 Å². The first-order valence-electron chi connectivity index (χ1n) is 4.43. The highest BCUT2D eigenvalue weighted by Gasteiger charge is 2.15. The molecule has 0 aromatic carbocycles. The number of ether oxygens (including phenoxy) is 2. The Bertz CT molecular complexity index is 229. The maximum absolute atomic E-state index is 11.9. The molecule has 0 fully saturated rings. The molecule has 0 aromatic rings. The Morgan fingerprint density at radius 2 is 2.00 bits per heavy atom. The van der Waals surface area contributed by atoms with Crippen molar-refractivity contribution >= 4 is 5.97 Å². The highest BCUT2D eigenvalue weighted by molar-refractivity contribution is 5.86. The summed E-state index contributed by atoms with van der Waals surface area (Å²) in [6.07, 6.45) is -1.33. The summed E-state index contributed by atoms with van der Waals surface area (Å²) in [5, 5.41) is 0.